The highest BCUT2D eigenvalue weighted by Gasteiger charge is 2.17. The lowest BCUT2D eigenvalue weighted by Gasteiger charge is -2.20. The molecule has 1 fully saturated rings. The van der Waals surface area contributed by atoms with Gasteiger partial charge in [-0.05, 0) is 26.7 Å². The molecule has 100 valence electrons. The van der Waals surface area contributed by atoms with Gasteiger partial charge in [-0.1, -0.05) is 19.3 Å². The van der Waals surface area contributed by atoms with Crippen molar-refractivity contribution < 1.29 is 0 Å². The van der Waals surface area contributed by atoms with Crippen LogP contribution in [0.4, 0.5) is 0 Å². The molecule has 0 atom stereocenters. The zero-order valence-electron chi connectivity index (χ0n) is 11.7. The number of nitrogens with zero attached hydrogens (tertiary/aromatic N) is 3. The van der Waals surface area contributed by atoms with Gasteiger partial charge in [-0.15, -0.1) is 0 Å². The summed E-state index contributed by atoms with van der Waals surface area (Å²) in [5, 5.41) is 4.41. The second-order valence-corrected chi connectivity index (χ2v) is 5.35. The van der Waals surface area contributed by atoms with Gasteiger partial charge in [-0.25, -0.2) is 0 Å². The zero-order chi connectivity index (χ0) is 13.1. The van der Waals surface area contributed by atoms with E-state index >= 15 is 0 Å². The van der Waals surface area contributed by atoms with Crippen molar-refractivity contribution in [3.05, 3.63) is 17.0 Å². The predicted octanol–water partition coefficient (Wildman–Crippen LogP) is 2.47. The number of rotatable bonds is 3. The maximum atomic E-state index is 6.13. The van der Waals surface area contributed by atoms with E-state index in [2.05, 4.69) is 17.0 Å². The van der Waals surface area contributed by atoms with Crippen molar-refractivity contribution in [1.82, 2.24) is 9.78 Å². The van der Waals surface area contributed by atoms with Crippen LogP contribution in [-0.2, 0) is 13.6 Å². The summed E-state index contributed by atoms with van der Waals surface area (Å²) in [5.74, 6) is 1.35. The summed E-state index contributed by atoms with van der Waals surface area (Å²) in [6.07, 6.45) is 6.36. The van der Waals surface area contributed by atoms with E-state index in [0.29, 0.717) is 12.5 Å². The lowest BCUT2D eigenvalue weighted by molar-refractivity contribution is 0.436. The van der Waals surface area contributed by atoms with Crippen LogP contribution >= 0.6 is 0 Å². The number of aryl methyl sites for hydroxylation is 2. The topological polar surface area (TPSA) is 56.2 Å². The van der Waals surface area contributed by atoms with Crippen molar-refractivity contribution in [3.63, 3.8) is 0 Å². The van der Waals surface area contributed by atoms with E-state index < -0.39 is 0 Å². The molecule has 1 aromatic rings. The lowest BCUT2D eigenvalue weighted by atomic mass is 9.88. The molecule has 1 aromatic heterocycles. The Morgan fingerprint density at radius 3 is 2.56 bits per heavy atom. The van der Waals surface area contributed by atoms with Gasteiger partial charge in [0.1, 0.15) is 0 Å². The lowest BCUT2D eigenvalue weighted by Crippen LogP contribution is -2.25. The SMILES string of the molecule is Cc1nn(C)c(C)c1CN=C(N)C1CCCCC1. The van der Waals surface area contributed by atoms with Crippen LogP contribution in [0.2, 0.25) is 0 Å². The quantitative estimate of drug-likeness (QED) is 0.660. The van der Waals surface area contributed by atoms with Crippen LogP contribution in [0.5, 0.6) is 0 Å². The van der Waals surface area contributed by atoms with Gasteiger partial charge in [0, 0.05) is 24.2 Å². The Morgan fingerprint density at radius 2 is 2.00 bits per heavy atom. The van der Waals surface area contributed by atoms with Crippen LogP contribution < -0.4 is 5.73 Å². The molecule has 0 bridgehead atoms. The van der Waals surface area contributed by atoms with Gasteiger partial charge in [0.15, 0.2) is 0 Å². The third-order valence-electron chi connectivity index (χ3n) is 4.10. The van der Waals surface area contributed by atoms with E-state index in [1.54, 1.807) is 0 Å². The van der Waals surface area contributed by atoms with Crippen LogP contribution in [0, 0.1) is 19.8 Å². The summed E-state index contributed by atoms with van der Waals surface area (Å²) in [7, 11) is 1.97. The first-order valence-electron chi connectivity index (χ1n) is 6.88. The van der Waals surface area contributed by atoms with Crippen LogP contribution in [0.15, 0.2) is 4.99 Å². The number of nitrogens with two attached hydrogens (primary N) is 1. The van der Waals surface area contributed by atoms with Crippen molar-refractivity contribution >= 4 is 5.84 Å². The number of aromatic nitrogens is 2. The Balaban J connectivity index is 2.05. The van der Waals surface area contributed by atoms with Crippen molar-refractivity contribution in [3.8, 4) is 0 Å². The molecule has 0 amide bonds. The number of amidine groups is 1. The Bertz CT molecular complexity index is 439. The standard InChI is InChI=1S/C14H24N4/c1-10-13(11(2)18(3)17-10)9-16-14(15)12-7-5-4-6-8-12/h12H,4-9H2,1-3H3,(H2,15,16). The molecule has 1 aliphatic rings. The van der Waals surface area contributed by atoms with Crippen molar-refractivity contribution in [2.24, 2.45) is 23.7 Å². The van der Waals surface area contributed by atoms with Gasteiger partial charge in [0.25, 0.3) is 0 Å². The molecule has 0 spiro atoms. The Labute approximate surface area is 109 Å². The molecule has 1 aliphatic carbocycles. The van der Waals surface area contributed by atoms with Crippen molar-refractivity contribution in [1.29, 1.82) is 0 Å². The minimum Gasteiger partial charge on any atom is -0.387 e. The molecule has 0 saturated heterocycles. The van der Waals surface area contributed by atoms with Gasteiger partial charge in [-0.2, -0.15) is 5.10 Å². The second kappa shape index (κ2) is 5.55. The maximum absolute atomic E-state index is 6.13. The fraction of sp³-hybridized carbons (Fsp3) is 0.714. The van der Waals surface area contributed by atoms with Crippen LogP contribution in [0.25, 0.3) is 0 Å². The number of aliphatic imine (C=N–C) groups is 1. The molecule has 4 heteroatoms. The third-order valence-corrected chi connectivity index (χ3v) is 4.10. The molecule has 0 radical (unpaired) electrons. The third kappa shape index (κ3) is 2.74. The minimum atomic E-state index is 0.510. The highest BCUT2D eigenvalue weighted by atomic mass is 15.3. The Morgan fingerprint density at radius 1 is 1.33 bits per heavy atom. The van der Waals surface area contributed by atoms with Gasteiger partial charge < -0.3 is 5.73 Å². The zero-order valence-corrected chi connectivity index (χ0v) is 11.7. The Hall–Kier alpha value is -1.32. The molecule has 0 unspecified atom stereocenters. The fourth-order valence-electron chi connectivity index (χ4n) is 2.74. The summed E-state index contributed by atoms with van der Waals surface area (Å²) in [5.41, 5.74) is 9.60. The fourth-order valence-corrected chi connectivity index (χ4v) is 2.74. The van der Waals surface area contributed by atoms with Crippen LogP contribution in [0.3, 0.4) is 0 Å². The van der Waals surface area contributed by atoms with Gasteiger partial charge in [0.2, 0.25) is 0 Å². The first kappa shape index (κ1) is 13.1. The Kier molecular flexibility index (Phi) is 4.04. The monoisotopic (exact) mass is 248 g/mol. The van der Waals surface area contributed by atoms with Gasteiger partial charge in [0.05, 0.1) is 18.1 Å². The van der Waals surface area contributed by atoms with E-state index in [9.17, 15) is 0 Å². The molecule has 0 aliphatic heterocycles. The first-order chi connectivity index (χ1) is 8.59. The smallest absolute Gasteiger partial charge is 0.0972 e. The van der Waals surface area contributed by atoms with E-state index in [4.69, 9.17) is 5.73 Å². The molecule has 4 nitrogen and oxygen atoms in total. The summed E-state index contributed by atoms with van der Waals surface area (Å²) in [4.78, 5) is 4.59. The minimum absolute atomic E-state index is 0.510. The average Bonchev–Trinajstić information content (AvgIpc) is 2.62. The maximum Gasteiger partial charge on any atom is 0.0972 e. The van der Waals surface area contributed by atoms with E-state index in [1.807, 2.05) is 18.7 Å². The second-order valence-electron chi connectivity index (χ2n) is 5.35. The van der Waals surface area contributed by atoms with E-state index in [1.165, 1.54) is 43.4 Å². The molecule has 2 N–H and O–H groups in total. The van der Waals surface area contributed by atoms with Crippen molar-refractivity contribution in [2.45, 2.75) is 52.5 Å². The molecule has 0 aromatic carbocycles. The van der Waals surface area contributed by atoms with Gasteiger partial charge in [-0.3, -0.25) is 9.67 Å². The van der Waals surface area contributed by atoms with Gasteiger partial charge >= 0.3 is 0 Å². The molecular weight excluding hydrogens is 224 g/mol. The molecular formula is C14H24N4. The summed E-state index contributed by atoms with van der Waals surface area (Å²) in [6.45, 7) is 4.80. The summed E-state index contributed by atoms with van der Waals surface area (Å²) < 4.78 is 1.91. The number of hydrogen-bond donors (Lipinski definition) is 1. The largest absolute Gasteiger partial charge is 0.387 e. The molecule has 1 saturated carbocycles. The van der Waals surface area contributed by atoms with E-state index in [0.717, 1.165) is 11.5 Å². The molecule has 2 rings (SSSR count). The van der Waals surface area contributed by atoms with E-state index in [-0.39, 0.29) is 0 Å². The van der Waals surface area contributed by atoms with Crippen molar-refractivity contribution in [2.75, 3.05) is 0 Å². The summed E-state index contributed by atoms with van der Waals surface area (Å²) in [6, 6.07) is 0. The summed E-state index contributed by atoms with van der Waals surface area (Å²) >= 11 is 0. The number of hydrogen-bond acceptors (Lipinski definition) is 2. The highest BCUT2D eigenvalue weighted by Crippen LogP contribution is 2.24. The van der Waals surface area contributed by atoms with Crippen LogP contribution in [0.1, 0.15) is 49.1 Å². The first-order valence-corrected chi connectivity index (χ1v) is 6.88. The highest BCUT2D eigenvalue weighted by molar-refractivity contribution is 5.82. The average molecular weight is 248 g/mol. The molecule has 18 heavy (non-hydrogen) atoms. The predicted molar refractivity (Wildman–Crippen MR) is 74.6 cm³/mol. The normalized spacial score (nSPS) is 18.3. The van der Waals surface area contributed by atoms with Crippen LogP contribution in [-0.4, -0.2) is 15.6 Å². The molecule has 1 heterocycles.